The Morgan fingerprint density at radius 2 is 1.68 bits per heavy atom. The van der Waals surface area contributed by atoms with E-state index in [9.17, 15) is 4.39 Å². The summed E-state index contributed by atoms with van der Waals surface area (Å²) in [7, 11) is 0. The van der Waals surface area contributed by atoms with Crippen LogP contribution < -0.4 is 9.47 Å². The summed E-state index contributed by atoms with van der Waals surface area (Å²) >= 11 is 0. The van der Waals surface area contributed by atoms with Gasteiger partial charge < -0.3 is 14.2 Å². The van der Waals surface area contributed by atoms with Gasteiger partial charge in [0.25, 0.3) is 0 Å². The Balaban J connectivity index is 2.17. The van der Waals surface area contributed by atoms with Crippen molar-refractivity contribution in [2.45, 2.75) is 65.1 Å². The highest BCUT2D eigenvalue weighted by atomic mass is 19.1. The van der Waals surface area contributed by atoms with E-state index >= 15 is 0 Å². The van der Waals surface area contributed by atoms with Gasteiger partial charge in [-0.1, -0.05) is 20.8 Å². The van der Waals surface area contributed by atoms with Crippen molar-refractivity contribution in [2.24, 2.45) is 0 Å². The highest BCUT2D eigenvalue weighted by Crippen LogP contribution is 2.38. The third-order valence-corrected chi connectivity index (χ3v) is 3.94. The average Bonchev–Trinajstić information content (AvgIpc) is 3.18. The smallest absolute Gasteiger partial charge is 0.164 e. The fourth-order valence-corrected chi connectivity index (χ4v) is 2.53. The van der Waals surface area contributed by atoms with Crippen molar-refractivity contribution < 1.29 is 18.6 Å². The molecule has 3 nitrogen and oxygen atoms in total. The zero-order chi connectivity index (χ0) is 16.1. The van der Waals surface area contributed by atoms with Crippen molar-refractivity contribution in [3.63, 3.8) is 0 Å². The van der Waals surface area contributed by atoms with Gasteiger partial charge in [-0.3, -0.25) is 0 Å². The molecule has 0 bridgehead atoms. The number of ether oxygens (including phenoxy) is 3. The first-order valence-corrected chi connectivity index (χ1v) is 8.31. The van der Waals surface area contributed by atoms with E-state index < -0.39 is 0 Å². The molecule has 3 unspecified atom stereocenters. The maximum atomic E-state index is 14.4. The van der Waals surface area contributed by atoms with Crippen molar-refractivity contribution in [2.75, 3.05) is 13.2 Å². The van der Waals surface area contributed by atoms with Crippen LogP contribution in [-0.2, 0) is 4.74 Å². The van der Waals surface area contributed by atoms with Gasteiger partial charge in [-0.25, -0.2) is 4.39 Å². The van der Waals surface area contributed by atoms with E-state index in [-0.39, 0.29) is 17.8 Å². The molecule has 3 atom stereocenters. The Hall–Kier alpha value is -1.29. The summed E-state index contributed by atoms with van der Waals surface area (Å²) in [6.07, 6.45) is 3.17. The first-order valence-electron chi connectivity index (χ1n) is 8.31. The number of rotatable bonds is 9. The second kappa shape index (κ2) is 7.82. The molecule has 0 amide bonds. The Kier molecular flexibility index (Phi) is 6.07. The topological polar surface area (TPSA) is 31.0 Å². The molecule has 2 rings (SSSR count). The van der Waals surface area contributed by atoms with Crippen molar-refractivity contribution in [1.29, 1.82) is 0 Å². The molecule has 0 radical (unpaired) electrons. The van der Waals surface area contributed by atoms with Gasteiger partial charge in [0.1, 0.15) is 5.82 Å². The molecular formula is C18H27FO3. The first kappa shape index (κ1) is 17.1. The van der Waals surface area contributed by atoms with Gasteiger partial charge in [-0.2, -0.15) is 0 Å². The van der Waals surface area contributed by atoms with Crippen molar-refractivity contribution >= 4 is 0 Å². The van der Waals surface area contributed by atoms with Gasteiger partial charge in [-0.05, 0) is 43.7 Å². The van der Waals surface area contributed by atoms with Crippen LogP contribution in [0.25, 0.3) is 0 Å². The summed E-state index contributed by atoms with van der Waals surface area (Å²) in [5.41, 5.74) is 0.678. The number of hydrogen-bond donors (Lipinski definition) is 0. The highest BCUT2D eigenvalue weighted by molar-refractivity contribution is 5.45. The normalized spacial score (nSPS) is 21.5. The van der Waals surface area contributed by atoms with Crippen LogP contribution >= 0.6 is 0 Å². The highest BCUT2D eigenvalue weighted by Gasteiger charge is 2.36. The van der Waals surface area contributed by atoms with Gasteiger partial charge in [0.15, 0.2) is 11.5 Å². The van der Waals surface area contributed by atoms with E-state index in [4.69, 9.17) is 14.2 Å². The van der Waals surface area contributed by atoms with Crippen molar-refractivity contribution in [3.8, 4) is 11.5 Å². The lowest BCUT2D eigenvalue weighted by Crippen LogP contribution is -2.06. The van der Waals surface area contributed by atoms with E-state index in [0.29, 0.717) is 36.4 Å². The molecule has 1 aromatic carbocycles. The Morgan fingerprint density at radius 3 is 2.18 bits per heavy atom. The fourth-order valence-electron chi connectivity index (χ4n) is 2.53. The van der Waals surface area contributed by atoms with E-state index in [1.165, 1.54) is 6.07 Å². The lowest BCUT2D eigenvalue weighted by atomic mass is 9.94. The molecule has 1 aliphatic heterocycles. The van der Waals surface area contributed by atoms with Crippen LogP contribution in [0.2, 0.25) is 0 Å². The lowest BCUT2D eigenvalue weighted by Gasteiger charge is -2.17. The van der Waals surface area contributed by atoms with Crippen LogP contribution in [0.3, 0.4) is 0 Å². The molecule has 1 fully saturated rings. The number of halogens is 1. The molecule has 124 valence electrons. The molecule has 0 saturated carbocycles. The third-order valence-electron chi connectivity index (χ3n) is 3.94. The minimum Gasteiger partial charge on any atom is -0.490 e. The van der Waals surface area contributed by atoms with Crippen LogP contribution in [0.5, 0.6) is 11.5 Å². The molecule has 0 aliphatic carbocycles. The predicted molar refractivity (Wildman–Crippen MR) is 85.3 cm³/mol. The number of epoxide rings is 1. The molecule has 0 aromatic heterocycles. The van der Waals surface area contributed by atoms with E-state index in [2.05, 4.69) is 0 Å². The molecule has 0 N–H and O–H groups in total. The summed E-state index contributed by atoms with van der Waals surface area (Å²) in [6.45, 7) is 9.31. The molecule has 1 aliphatic rings. The molecule has 1 saturated heterocycles. The quantitative estimate of drug-likeness (QED) is 0.620. The molecule has 4 heteroatoms. The second-order valence-electron chi connectivity index (χ2n) is 6.03. The van der Waals surface area contributed by atoms with E-state index in [1.807, 2.05) is 27.7 Å². The first-order chi connectivity index (χ1) is 10.6. The minimum absolute atomic E-state index is 0.0964. The summed E-state index contributed by atoms with van der Waals surface area (Å²) in [5, 5.41) is 0. The maximum Gasteiger partial charge on any atom is 0.164 e. The SMILES string of the molecule is CCCOc1cc(F)c(C(C)CC2OC2C)cc1OCCC. The standard InChI is InChI=1S/C18H27FO3/c1-5-7-20-17-10-14(12(3)9-16-13(4)22-16)15(19)11-18(17)21-8-6-2/h10-13,16H,5-9H2,1-4H3. The summed E-state index contributed by atoms with van der Waals surface area (Å²) in [6, 6.07) is 3.26. The zero-order valence-electron chi connectivity index (χ0n) is 14.0. The van der Waals surface area contributed by atoms with E-state index in [0.717, 1.165) is 19.3 Å². The fraction of sp³-hybridized carbons (Fsp3) is 0.667. The average molecular weight is 310 g/mol. The zero-order valence-corrected chi connectivity index (χ0v) is 14.0. The number of benzene rings is 1. The van der Waals surface area contributed by atoms with Crippen LogP contribution in [-0.4, -0.2) is 25.4 Å². The van der Waals surface area contributed by atoms with Gasteiger partial charge >= 0.3 is 0 Å². The minimum atomic E-state index is -0.226. The Bertz CT molecular complexity index is 489. The summed E-state index contributed by atoms with van der Waals surface area (Å²) in [4.78, 5) is 0. The predicted octanol–water partition coefficient (Wildman–Crippen LogP) is 4.68. The summed E-state index contributed by atoms with van der Waals surface area (Å²) in [5.74, 6) is 1.01. The van der Waals surface area contributed by atoms with Crippen LogP contribution in [0.15, 0.2) is 12.1 Å². The Labute approximate surface area is 132 Å². The molecular weight excluding hydrogens is 283 g/mol. The van der Waals surface area contributed by atoms with Crippen molar-refractivity contribution in [1.82, 2.24) is 0 Å². The Morgan fingerprint density at radius 1 is 1.14 bits per heavy atom. The van der Waals surface area contributed by atoms with Crippen molar-refractivity contribution in [3.05, 3.63) is 23.5 Å². The molecule has 0 spiro atoms. The molecule has 1 aromatic rings. The number of hydrogen-bond acceptors (Lipinski definition) is 3. The monoisotopic (exact) mass is 310 g/mol. The lowest BCUT2D eigenvalue weighted by molar-refractivity contribution is 0.266. The van der Waals surface area contributed by atoms with Gasteiger partial charge in [0.05, 0.1) is 25.4 Å². The largest absolute Gasteiger partial charge is 0.490 e. The summed E-state index contributed by atoms with van der Waals surface area (Å²) < 4.78 is 31.2. The maximum absolute atomic E-state index is 14.4. The molecule has 22 heavy (non-hydrogen) atoms. The van der Waals surface area contributed by atoms with Crippen LogP contribution in [0, 0.1) is 5.82 Å². The van der Waals surface area contributed by atoms with Gasteiger partial charge in [-0.15, -0.1) is 0 Å². The second-order valence-corrected chi connectivity index (χ2v) is 6.03. The molecule has 1 heterocycles. The van der Waals surface area contributed by atoms with Gasteiger partial charge in [0.2, 0.25) is 0 Å². The van der Waals surface area contributed by atoms with E-state index in [1.54, 1.807) is 6.07 Å². The third kappa shape index (κ3) is 4.35. The van der Waals surface area contributed by atoms with Crippen LogP contribution in [0.1, 0.15) is 58.4 Å². The van der Waals surface area contributed by atoms with Gasteiger partial charge in [0, 0.05) is 6.07 Å². The van der Waals surface area contributed by atoms with Crippen LogP contribution in [0.4, 0.5) is 4.39 Å².